The van der Waals surface area contributed by atoms with Gasteiger partial charge in [-0.3, -0.25) is 4.79 Å². The number of aliphatic hydroxyl groups excluding tert-OH is 1. The number of rotatable bonds is 4. The molecule has 176 valence electrons. The first-order valence-corrected chi connectivity index (χ1v) is 12.3. The summed E-state index contributed by atoms with van der Waals surface area (Å²) in [7, 11) is -2.23. The predicted octanol–water partition coefficient (Wildman–Crippen LogP) is 2.33. The normalized spacial score (nSPS) is 20.8. The Morgan fingerprint density at radius 1 is 1.21 bits per heavy atom. The van der Waals surface area contributed by atoms with E-state index >= 15 is 0 Å². The molecule has 1 aliphatic rings. The summed E-state index contributed by atoms with van der Waals surface area (Å²) in [5, 5.41) is 9.71. The number of ether oxygens (including phenoxy) is 1. The fourth-order valence-electron chi connectivity index (χ4n) is 3.59. The van der Waals surface area contributed by atoms with Crippen molar-refractivity contribution in [2.24, 2.45) is 5.92 Å². The third kappa shape index (κ3) is 5.74. The smallest absolute Gasteiger partial charge is 0.247 e. The summed E-state index contributed by atoms with van der Waals surface area (Å²) in [6.07, 6.45) is -0.445. The van der Waals surface area contributed by atoms with Gasteiger partial charge in [-0.1, -0.05) is 37.0 Å². The van der Waals surface area contributed by atoms with E-state index in [-0.39, 0.29) is 35.6 Å². The van der Waals surface area contributed by atoms with Crippen LogP contribution in [0.5, 0.6) is 5.75 Å². The van der Waals surface area contributed by atoms with Crippen LogP contribution in [-0.2, 0) is 14.8 Å². The van der Waals surface area contributed by atoms with E-state index in [1.165, 1.54) is 17.3 Å². The minimum atomic E-state index is -3.92. The Balaban J connectivity index is 2.08. The van der Waals surface area contributed by atoms with Gasteiger partial charge < -0.3 is 14.7 Å². The van der Waals surface area contributed by atoms with E-state index in [2.05, 4.69) is 11.8 Å². The Kier molecular flexibility index (Phi) is 7.80. The Morgan fingerprint density at radius 2 is 1.88 bits per heavy atom. The molecule has 2 aromatic carbocycles. The molecule has 8 heteroatoms. The molecule has 33 heavy (non-hydrogen) atoms. The molecule has 7 nitrogen and oxygen atoms in total. The quantitative estimate of drug-likeness (QED) is 0.693. The lowest BCUT2D eigenvalue weighted by Gasteiger charge is -2.37. The predicted molar refractivity (Wildman–Crippen MR) is 126 cm³/mol. The van der Waals surface area contributed by atoms with Crippen LogP contribution in [0.3, 0.4) is 0 Å². The van der Waals surface area contributed by atoms with Gasteiger partial charge in [-0.25, -0.2) is 8.42 Å². The largest absolute Gasteiger partial charge is 0.487 e. The fourth-order valence-corrected chi connectivity index (χ4v) is 5.41. The molecule has 2 aromatic rings. The molecular weight excluding hydrogens is 440 g/mol. The molecule has 1 heterocycles. The van der Waals surface area contributed by atoms with Gasteiger partial charge in [-0.05, 0) is 37.3 Å². The molecule has 0 aliphatic carbocycles. The molecular formula is C25H30N2O5S. The number of sulfonamides is 1. The van der Waals surface area contributed by atoms with Crippen LogP contribution in [0.15, 0.2) is 53.4 Å². The Hall–Kier alpha value is -2.86. The number of carbonyl (C=O) groups is 1. The van der Waals surface area contributed by atoms with E-state index in [0.29, 0.717) is 12.1 Å². The highest BCUT2D eigenvalue weighted by Crippen LogP contribution is 2.34. The second-order valence-corrected chi connectivity index (χ2v) is 10.3. The minimum Gasteiger partial charge on any atom is -0.487 e. The first-order valence-electron chi connectivity index (χ1n) is 10.9. The van der Waals surface area contributed by atoms with Crippen LogP contribution in [0, 0.1) is 17.8 Å². The van der Waals surface area contributed by atoms with Gasteiger partial charge in [-0.2, -0.15) is 4.31 Å². The average Bonchev–Trinajstić information content (AvgIpc) is 2.79. The lowest BCUT2D eigenvalue weighted by molar-refractivity contribution is -0.129. The second-order valence-electron chi connectivity index (χ2n) is 8.42. The van der Waals surface area contributed by atoms with Gasteiger partial charge in [0.2, 0.25) is 15.9 Å². The van der Waals surface area contributed by atoms with Crippen LogP contribution < -0.4 is 4.74 Å². The summed E-state index contributed by atoms with van der Waals surface area (Å²) < 4.78 is 34.5. The number of nitrogens with zero attached hydrogens (tertiary/aromatic N) is 2. The molecule has 0 bridgehead atoms. The van der Waals surface area contributed by atoms with Crippen molar-refractivity contribution in [3.63, 3.8) is 0 Å². The summed E-state index contributed by atoms with van der Waals surface area (Å²) in [5.74, 6) is 5.98. The molecule has 3 atom stereocenters. The maximum Gasteiger partial charge on any atom is 0.247 e. The second kappa shape index (κ2) is 10.4. The molecule has 0 spiro atoms. The monoisotopic (exact) mass is 470 g/mol. The average molecular weight is 471 g/mol. The number of aliphatic hydroxyl groups is 1. The lowest BCUT2D eigenvalue weighted by atomic mass is 10.0. The molecule has 0 saturated carbocycles. The van der Waals surface area contributed by atoms with Crippen LogP contribution in [0.25, 0.3) is 0 Å². The molecule has 0 fully saturated rings. The van der Waals surface area contributed by atoms with Gasteiger partial charge in [0.05, 0.1) is 13.2 Å². The van der Waals surface area contributed by atoms with Crippen LogP contribution in [0.2, 0.25) is 0 Å². The Labute approximate surface area is 196 Å². The molecule has 1 aliphatic heterocycles. The van der Waals surface area contributed by atoms with Crippen LogP contribution in [-0.4, -0.2) is 67.5 Å². The highest BCUT2D eigenvalue weighted by atomic mass is 32.2. The summed E-state index contributed by atoms with van der Waals surface area (Å²) in [4.78, 5) is 13.4. The molecule has 3 rings (SSSR count). The highest BCUT2D eigenvalue weighted by Gasteiger charge is 2.38. The number of likely N-dealkylation sites (N-methyl/N-ethyl adjacent to an activating group) is 1. The SMILES string of the molecule is CC(=O)N(C)C[C@H]1Oc2cc(C#Cc3ccccc3)ccc2S(=O)(=O)N([C@H](C)CO)C[C@@H]1C. The molecule has 0 unspecified atom stereocenters. The Bertz CT molecular complexity index is 1150. The fraction of sp³-hybridized carbons (Fsp3) is 0.400. The van der Waals surface area contributed by atoms with Crippen molar-refractivity contribution in [2.75, 3.05) is 26.7 Å². The van der Waals surface area contributed by atoms with Crippen molar-refractivity contribution in [1.29, 1.82) is 0 Å². The standard InChI is InChI=1S/C25H30N2O5S/c1-18-15-27(19(2)17-28)33(30,31)25-13-12-22(11-10-21-8-6-5-7-9-21)14-23(25)32-24(18)16-26(4)20(3)29/h5-9,12-14,18-19,24,28H,15-17H2,1-4H3/t18-,19+,24+/m0/s1. The van der Waals surface area contributed by atoms with Crippen LogP contribution in [0.4, 0.5) is 0 Å². The molecule has 0 saturated heterocycles. The summed E-state index contributed by atoms with van der Waals surface area (Å²) in [6.45, 7) is 5.19. The number of carbonyl (C=O) groups excluding carboxylic acids is 1. The third-order valence-electron chi connectivity index (χ3n) is 5.78. The molecule has 1 amide bonds. The highest BCUT2D eigenvalue weighted by molar-refractivity contribution is 7.89. The van der Waals surface area contributed by atoms with Gasteiger partial charge in [0.15, 0.2) is 0 Å². The topological polar surface area (TPSA) is 87.2 Å². The Morgan fingerprint density at radius 3 is 2.52 bits per heavy atom. The van der Waals surface area contributed by atoms with Crippen LogP contribution >= 0.6 is 0 Å². The number of hydrogen-bond acceptors (Lipinski definition) is 5. The van der Waals surface area contributed by atoms with Crippen molar-refractivity contribution >= 4 is 15.9 Å². The summed E-state index contributed by atoms with van der Waals surface area (Å²) in [5.41, 5.74) is 1.46. The zero-order valence-electron chi connectivity index (χ0n) is 19.4. The van der Waals surface area contributed by atoms with Crippen molar-refractivity contribution in [3.05, 3.63) is 59.7 Å². The number of benzene rings is 2. The van der Waals surface area contributed by atoms with Crippen molar-refractivity contribution in [3.8, 4) is 17.6 Å². The van der Waals surface area contributed by atoms with E-state index in [9.17, 15) is 18.3 Å². The number of fused-ring (bicyclic) bond motifs is 1. The first-order chi connectivity index (χ1) is 15.6. The number of hydrogen-bond donors (Lipinski definition) is 1. The first kappa shape index (κ1) is 24.8. The van der Waals surface area contributed by atoms with E-state index in [1.807, 2.05) is 37.3 Å². The van der Waals surface area contributed by atoms with Crippen molar-refractivity contribution in [1.82, 2.24) is 9.21 Å². The van der Waals surface area contributed by atoms with Crippen molar-refractivity contribution in [2.45, 2.75) is 37.8 Å². The molecule has 0 aromatic heterocycles. The third-order valence-corrected chi connectivity index (χ3v) is 7.80. The minimum absolute atomic E-state index is 0.0236. The van der Waals surface area contributed by atoms with Gasteiger partial charge in [0.1, 0.15) is 16.7 Å². The summed E-state index contributed by atoms with van der Waals surface area (Å²) in [6, 6.07) is 13.7. The van der Waals surface area contributed by atoms with E-state index in [4.69, 9.17) is 4.74 Å². The lowest BCUT2D eigenvalue weighted by Crippen LogP contribution is -2.50. The maximum atomic E-state index is 13.5. The van der Waals surface area contributed by atoms with Crippen molar-refractivity contribution < 1.29 is 23.1 Å². The maximum absolute atomic E-state index is 13.5. The van der Waals surface area contributed by atoms with Gasteiger partial charge >= 0.3 is 0 Å². The van der Waals surface area contributed by atoms with Gasteiger partial charge in [0, 0.05) is 43.6 Å². The number of amides is 1. The van der Waals surface area contributed by atoms with Gasteiger partial charge in [-0.15, -0.1) is 0 Å². The van der Waals surface area contributed by atoms with E-state index < -0.39 is 22.2 Å². The van der Waals surface area contributed by atoms with E-state index in [1.54, 1.807) is 31.0 Å². The zero-order chi connectivity index (χ0) is 24.2. The molecule has 1 N–H and O–H groups in total. The van der Waals surface area contributed by atoms with Crippen LogP contribution in [0.1, 0.15) is 31.9 Å². The van der Waals surface area contributed by atoms with E-state index in [0.717, 1.165) is 5.56 Å². The van der Waals surface area contributed by atoms with Gasteiger partial charge in [0.25, 0.3) is 0 Å². The summed E-state index contributed by atoms with van der Waals surface area (Å²) >= 11 is 0. The molecule has 0 radical (unpaired) electrons. The zero-order valence-corrected chi connectivity index (χ0v) is 20.2.